The second-order valence-electron chi connectivity index (χ2n) is 8.15. The van der Waals surface area contributed by atoms with E-state index in [1.54, 1.807) is 0 Å². The highest BCUT2D eigenvalue weighted by atomic mass is 28.4. The summed E-state index contributed by atoms with van der Waals surface area (Å²) in [5, 5.41) is 13.4. The summed E-state index contributed by atoms with van der Waals surface area (Å²) in [7, 11) is -0.751. The van der Waals surface area contributed by atoms with E-state index in [-0.39, 0.29) is 12.5 Å². The van der Waals surface area contributed by atoms with Crippen LogP contribution in [0.25, 0.3) is 0 Å². The van der Waals surface area contributed by atoms with Crippen molar-refractivity contribution in [3.05, 3.63) is 35.9 Å². The Balaban J connectivity index is 2.48. The van der Waals surface area contributed by atoms with Gasteiger partial charge in [-0.1, -0.05) is 51.1 Å². The van der Waals surface area contributed by atoms with E-state index in [2.05, 4.69) is 26.1 Å². The van der Waals surface area contributed by atoms with Crippen LogP contribution < -0.4 is 5.32 Å². The fourth-order valence-electron chi connectivity index (χ4n) is 4.19. The largest absolute Gasteiger partial charge is 0.408 e. The van der Waals surface area contributed by atoms with Gasteiger partial charge in [0.25, 0.3) is 0 Å². The number of hydrogen-bond donors (Lipinski definition) is 2. The summed E-state index contributed by atoms with van der Waals surface area (Å²) in [6.45, 7) is 7.96. The molecule has 0 aromatic heterocycles. The minimum absolute atomic E-state index is 0.265. The number of carbonyl (C=O) groups is 2. The first kappa shape index (κ1) is 26.6. The summed E-state index contributed by atoms with van der Waals surface area (Å²) in [5.41, 5.74) is 0.950. The molecule has 1 heterocycles. The Morgan fingerprint density at radius 3 is 2.31 bits per heavy atom. The molecule has 180 valence electrons. The van der Waals surface area contributed by atoms with Gasteiger partial charge in [0.15, 0.2) is 20.9 Å². The molecule has 1 aliphatic rings. The summed E-state index contributed by atoms with van der Waals surface area (Å²) < 4.78 is 24.5. The Bertz CT molecular complexity index is 707. The molecule has 0 spiro atoms. The van der Waals surface area contributed by atoms with Gasteiger partial charge in [-0.2, -0.15) is 0 Å². The summed E-state index contributed by atoms with van der Waals surface area (Å²) in [5.74, 6) is -0.271. The topological polar surface area (TPSA) is 103 Å². The molecule has 0 radical (unpaired) electrons. The summed E-state index contributed by atoms with van der Waals surface area (Å²) >= 11 is 0. The fraction of sp³-hybridized carbons (Fsp3) is 0.652. The predicted molar refractivity (Wildman–Crippen MR) is 122 cm³/mol. The molecule has 0 unspecified atom stereocenters. The zero-order chi connectivity index (χ0) is 23.7. The van der Waals surface area contributed by atoms with Crippen LogP contribution in [0.5, 0.6) is 0 Å². The number of aliphatic hydroxyl groups is 1. The van der Waals surface area contributed by atoms with Crippen molar-refractivity contribution < 1.29 is 33.3 Å². The number of methoxy groups -OCH3 is 1. The molecule has 0 bridgehead atoms. The summed E-state index contributed by atoms with van der Waals surface area (Å²) in [4.78, 5) is 23.5. The van der Waals surface area contributed by atoms with Crippen LogP contribution in [-0.2, 0) is 34.8 Å². The van der Waals surface area contributed by atoms with Gasteiger partial charge >= 0.3 is 0 Å². The van der Waals surface area contributed by atoms with Crippen LogP contribution in [0.4, 0.5) is 0 Å². The standard InChI is InChI=1S/C23H37NO7Si/c1-6-32(7-2,8-3)31-22-20(18(27)14-25)30-23(28-5)19(24-16(4)26)21(22)29-15-17-12-10-9-11-13-17/h9-14,18-23,27H,6-8,15H2,1-5H3,(H,24,26)/t18-,19-,20-,21-,22+,23+/m1/s1. The lowest BCUT2D eigenvalue weighted by molar-refractivity contribution is -0.275. The number of benzene rings is 1. The SMILES string of the molecule is CC[Si](CC)(CC)O[C@@H]1[C@H](OCc2ccccc2)[C@@H](NC(C)=O)[C@@H](OC)O[C@@H]1[C@H](O)C=O. The number of rotatable bonds is 12. The quantitative estimate of drug-likeness (QED) is 0.359. The number of ether oxygens (including phenoxy) is 3. The molecular weight excluding hydrogens is 430 g/mol. The Labute approximate surface area is 191 Å². The molecule has 1 fully saturated rings. The maximum absolute atomic E-state index is 12.0. The average Bonchev–Trinajstić information content (AvgIpc) is 2.82. The molecule has 2 N–H and O–H groups in total. The predicted octanol–water partition coefficient (Wildman–Crippen LogP) is 2.40. The molecule has 32 heavy (non-hydrogen) atoms. The van der Waals surface area contributed by atoms with Crippen LogP contribution in [0.15, 0.2) is 30.3 Å². The lowest BCUT2D eigenvalue weighted by atomic mass is 9.93. The Morgan fingerprint density at radius 2 is 1.81 bits per heavy atom. The molecule has 2 rings (SSSR count). The summed E-state index contributed by atoms with van der Waals surface area (Å²) in [6.07, 6.45) is -4.34. The van der Waals surface area contributed by atoms with Crippen molar-refractivity contribution in [1.29, 1.82) is 0 Å². The van der Waals surface area contributed by atoms with Gasteiger partial charge in [0.2, 0.25) is 5.91 Å². The average molecular weight is 468 g/mol. The molecule has 9 heteroatoms. The van der Waals surface area contributed by atoms with Crippen molar-refractivity contribution >= 4 is 20.5 Å². The van der Waals surface area contributed by atoms with Crippen LogP contribution in [-0.4, -0.2) is 69.5 Å². The van der Waals surface area contributed by atoms with E-state index in [9.17, 15) is 14.7 Å². The van der Waals surface area contributed by atoms with Crippen molar-refractivity contribution in [1.82, 2.24) is 5.32 Å². The van der Waals surface area contributed by atoms with Crippen molar-refractivity contribution in [3.8, 4) is 0 Å². The Kier molecular flexibility index (Phi) is 10.5. The van der Waals surface area contributed by atoms with Crippen LogP contribution in [0.1, 0.15) is 33.3 Å². The minimum atomic E-state index is -2.20. The molecule has 8 nitrogen and oxygen atoms in total. The van der Waals surface area contributed by atoms with Gasteiger partial charge in [0.1, 0.15) is 30.5 Å². The molecule has 0 aliphatic carbocycles. The van der Waals surface area contributed by atoms with Gasteiger partial charge in [-0.25, -0.2) is 0 Å². The Morgan fingerprint density at radius 1 is 1.19 bits per heavy atom. The first-order valence-corrected chi connectivity index (χ1v) is 13.8. The molecule has 1 amide bonds. The van der Waals surface area contributed by atoms with E-state index in [4.69, 9.17) is 18.6 Å². The first-order chi connectivity index (χ1) is 15.3. The van der Waals surface area contributed by atoms with E-state index in [1.165, 1.54) is 14.0 Å². The number of nitrogens with one attached hydrogen (secondary N) is 1. The van der Waals surface area contributed by atoms with Crippen LogP contribution in [0, 0.1) is 0 Å². The van der Waals surface area contributed by atoms with E-state index in [0.717, 1.165) is 23.7 Å². The molecule has 1 saturated heterocycles. The molecule has 1 aromatic carbocycles. The van der Waals surface area contributed by atoms with Crippen LogP contribution in [0.3, 0.4) is 0 Å². The molecule has 1 aromatic rings. The minimum Gasteiger partial charge on any atom is -0.408 e. The number of hydrogen-bond acceptors (Lipinski definition) is 7. The maximum Gasteiger partial charge on any atom is 0.217 e. The van der Waals surface area contributed by atoms with Crippen LogP contribution >= 0.6 is 0 Å². The molecule has 1 aliphatic heterocycles. The monoisotopic (exact) mass is 467 g/mol. The van der Waals surface area contributed by atoms with Gasteiger partial charge in [-0.15, -0.1) is 0 Å². The van der Waals surface area contributed by atoms with Gasteiger partial charge < -0.3 is 33.9 Å². The van der Waals surface area contributed by atoms with Gasteiger partial charge in [-0.05, 0) is 23.7 Å². The zero-order valence-corrected chi connectivity index (χ0v) is 20.7. The lowest BCUT2D eigenvalue weighted by Gasteiger charge is -2.49. The highest BCUT2D eigenvalue weighted by Gasteiger charge is 2.52. The number of carbonyl (C=O) groups excluding carboxylic acids is 2. The smallest absolute Gasteiger partial charge is 0.217 e. The van der Waals surface area contributed by atoms with Gasteiger partial charge in [-0.3, -0.25) is 4.79 Å². The second kappa shape index (κ2) is 12.6. The van der Waals surface area contributed by atoms with Crippen molar-refractivity contribution in [2.24, 2.45) is 0 Å². The molecule has 0 saturated carbocycles. The number of amides is 1. The molecular formula is C23H37NO7Si. The number of aliphatic hydroxyl groups excluding tert-OH is 1. The fourth-order valence-corrected chi connectivity index (χ4v) is 7.04. The maximum atomic E-state index is 12.0. The van der Waals surface area contributed by atoms with Crippen molar-refractivity contribution in [3.63, 3.8) is 0 Å². The third kappa shape index (κ3) is 6.46. The zero-order valence-electron chi connectivity index (χ0n) is 19.7. The third-order valence-corrected chi connectivity index (χ3v) is 10.9. The van der Waals surface area contributed by atoms with E-state index in [1.807, 2.05) is 30.3 Å². The van der Waals surface area contributed by atoms with Crippen LogP contribution in [0.2, 0.25) is 18.1 Å². The first-order valence-electron chi connectivity index (χ1n) is 11.3. The van der Waals surface area contributed by atoms with Gasteiger partial charge in [0.05, 0.1) is 6.61 Å². The van der Waals surface area contributed by atoms with E-state index >= 15 is 0 Å². The lowest BCUT2D eigenvalue weighted by Crippen LogP contribution is -2.68. The molecule has 6 atom stereocenters. The Hall–Kier alpha value is -1.62. The van der Waals surface area contributed by atoms with E-state index in [0.29, 0.717) is 6.29 Å². The second-order valence-corrected chi connectivity index (χ2v) is 12.9. The summed E-state index contributed by atoms with van der Waals surface area (Å²) in [6, 6.07) is 11.6. The van der Waals surface area contributed by atoms with Gasteiger partial charge in [0, 0.05) is 14.0 Å². The van der Waals surface area contributed by atoms with Crippen molar-refractivity contribution in [2.45, 2.75) is 89.2 Å². The highest BCUT2D eigenvalue weighted by molar-refractivity contribution is 6.73. The third-order valence-electron chi connectivity index (χ3n) is 6.27. The highest BCUT2D eigenvalue weighted by Crippen LogP contribution is 2.34. The number of aldehydes is 1. The van der Waals surface area contributed by atoms with E-state index < -0.39 is 45.1 Å². The van der Waals surface area contributed by atoms with Crippen molar-refractivity contribution in [2.75, 3.05) is 7.11 Å². The normalized spacial score (nSPS) is 27.0.